The molecule has 0 aliphatic rings. The summed E-state index contributed by atoms with van der Waals surface area (Å²) in [5.74, 6) is 0. The zero-order valence-electron chi connectivity index (χ0n) is 5.31. The third-order valence-electron chi connectivity index (χ3n) is 0.619. The number of thiol groups is 1. The fraction of sp³-hybridized carbons (Fsp3) is 1.00. The van der Waals surface area contributed by atoms with Gasteiger partial charge in [0, 0.05) is 0 Å². The summed E-state index contributed by atoms with van der Waals surface area (Å²) >= 11 is 19.5. The van der Waals surface area contributed by atoms with E-state index in [1.165, 1.54) is 0 Å². The maximum atomic E-state index is 5.17. The zero-order chi connectivity index (χ0) is 8.20. The van der Waals surface area contributed by atoms with E-state index in [-0.39, 0.29) is 0 Å². The molecule has 0 atom stereocenters. The van der Waals surface area contributed by atoms with Crippen molar-refractivity contribution in [1.29, 1.82) is 0 Å². The first-order chi connectivity index (χ1) is 4.50. The maximum absolute atomic E-state index is 5.17. The molecule has 0 aliphatic heterocycles. The van der Waals surface area contributed by atoms with Crippen LogP contribution in [0.5, 0.6) is 0 Å². The summed E-state index contributed by atoms with van der Waals surface area (Å²) in [6.45, 7) is 0.688. The van der Waals surface area contributed by atoms with E-state index < -0.39 is 13.5 Å². The van der Waals surface area contributed by atoms with Crippen LogP contribution in [0.25, 0.3) is 0 Å². The van der Waals surface area contributed by atoms with Gasteiger partial charge in [-0.2, -0.15) is 0 Å². The second-order valence-electron chi connectivity index (χ2n) is 1.47. The Morgan fingerprint density at radius 1 is 1.40 bits per heavy atom. The van der Waals surface area contributed by atoms with Crippen LogP contribution in [-0.4, -0.2) is 6.61 Å². The van der Waals surface area contributed by atoms with Crippen LogP contribution in [-0.2, 0) is 62.4 Å². The fourth-order valence-electron chi connectivity index (χ4n) is 0.232. The van der Waals surface area contributed by atoms with E-state index in [0.29, 0.717) is 6.61 Å². The molecule has 0 amide bonds. The molecule has 0 aliphatic carbocycles. The highest BCUT2D eigenvalue weighted by molar-refractivity contribution is 9.03. The van der Waals surface area contributed by atoms with E-state index >= 15 is 0 Å². The van der Waals surface area contributed by atoms with Gasteiger partial charge in [0.15, 0.2) is 0 Å². The second-order valence-corrected chi connectivity index (χ2v) is 14.9. The highest BCUT2D eigenvalue weighted by Gasteiger charge is 1.96. The Morgan fingerprint density at radius 3 is 2.20 bits per heavy atom. The molecule has 7 heteroatoms. The zero-order valence-corrected chi connectivity index (χ0v) is 10.3. The molecule has 0 spiro atoms. The van der Waals surface area contributed by atoms with E-state index in [9.17, 15) is 0 Å². The average molecular weight is 252 g/mol. The molecule has 0 aromatic heterocycles. The summed E-state index contributed by atoms with van der Waals surface area (Å²) in [4.78, 5) is 0. The van der Waals surface area contributed by atoms with Crippen LogP contribution in [0.2, 0.25) is 0 Å². The predicted molar refractivity (Wildman–Crippen MR) is 61.8 cm³/mol. The first-order valence-electron chi connectivity index (χ1n) is 2.54. The van der Waals surface area contributed by atoms with E-state index in [0.717, 1.165) is 6.42 Å². The fourth-order valence-corrected chi connectivity index (χ4v) is 2.36. The van der Waals surface area contributed by atoms with Gasteiger partial charge in [-0.3, -0.25) is 0 Å². The molecule has 0 fully saturated rings. The van der Waals surface area contributed by atoms with Gasteiger partial charge >= 0.3 is 0 Å². The third-order valence-corrected chi connectivity index (χ3v) is 13.3. The van der Waals surface area contributed by atoms with Crippen molar-refractivity contribution in [2.24, 2.45) is 0 Å². The number of hydrogen-bond acceptors (Lipinski definition) is 5. The van der Waals surface area contributed by atoms with Gasteiger partial charge in [-0.25, -0.2) is 0 Å². The van der Waals surface area contributed by atoms with E-state index in [1.54, 1.807) is 0 Å². The van der Waals surface area contributed by atoms with Gasteiger partial charge < -0.3 is 4.18 Å². The van der Waals surface area contributed by atoms with Crippen LogP contribution < -0.4 is 0 Å². The third kappa shape index (κ3) is 4.42. The number of hydrogen-bond donors (Lipinski definition) is 1. The van der Waals surface area contributed by atoms with Gasteiger partial charge in [0.05, 0.1) is 13.1 Å². The van der Waals surface area contributed by atoms with Gasteiger partial charge in [-0.1, -0.05) is 6.92 Å². The molecule has 10 heavy (non-hydrogen) atoms. The van der Waals surface area contributed by atoms with Gasteiger partial charge in [-0.15, -0.1) is 0 Å². The van der Waals surface area contributed by atoms with Gasteiger partial charge in [0.1, 0.15) is 0 Å². The van der Waals surface area contributed by atoms with Crippen molar-refractivity contribution in [3.63, 3.8) is 0 Å². The van der Waals surface area contributed by atoms with Crippen molar-refractivity contribution in [3.05, 3.63) is 0 Å². The largest absolute Gasteiger partial charge is 0.302 e. The minimum absolute atomic E-state index is 0.592. The lowest BCUT2D eigenvalue weighted by molar-refractivity contribution is 0.374. The quantitative estimate of drug-likeness (QED) is 0.578. The van der Waals surface area contributed by atoms with Crippen LogP contribution >= 0.6 is 0 Å². The Kier molecular flexibility index (Phi) is 6.04. The van der Waals surface area contributed by atoms with Crippen molar-refractivity contribution in [1.82, 2.24) is 0 Å². The molecule has 0 rings (SSSR count). The van der Waals surface area contributed by atoms with Crippen LogP contribution in [0.1, 0.15) is 13.3 Å². The van der Waals surface area contributed by atoms with Crippen molar-refractivity contribution in [2.45, 2.75) is 13.3 Å². The van der Waals surface area contributed by atoms with Crippen molar-refractivity contribution in [2.75, 3.05) is 6.61 Å². The molecule has 1 nitrogen and oxygen atoms in total. The average Bonchev–Trinajstić information content (AvgIpc) is 1.84. The van der Waals surface area contributed by atoms with Gasteiger partial charge in [0.25, 0.3) is 0 Å². The minimum atomic E-state index is -1.90. The second kappa shape index (κ2) is 5.23. The Hall–Kier alpha value is 1.54. The lowest BCUT2D eigenvalue weighted by atomic mass is 10.5. The topological polar surface area (TPSA) is 9.23 Å². The normalized spacial score (nSPS) is 12.2. The molecule has 0 radical (unpaired) electrons. The van der Waals surface area contributed by atoms with Gasteiger partial charge in [-0.05, 0) is 58.2 Å². The smallest absolute Gasteiger partial charge is 0.0754 e. The van der Waals surface area contributed by atoms with Crippen molar-refractivity contribution in [3.8, 4) is 0 Å². The Balaban J connectivity index is 4.17. The summed E-state index contributed by atoms with van der Waals surface area (Å²) in [5, 5.41) is 0. The molecule has 0 bridgehead atoms. The van der Waals surface area contributed by atoms with Crippen LogP contribution in [0.4, 0.5) is 0 Å². The molecule has 0 saturated carbocycles. The molecule has 62 valence electrons. The molecular weight excluding hydrogens is 244 g/mol. The predicted octanol–water partition coefficient (Wildman–Crippen LogP) is 0.595. The molecule has 0 unspecified atom stereocenters. The van der Waals surface area contributed by atoms with Gasteiger partial charge in [0.2, 0.25) is 0 Å². The Bertz CT molecular complexity index is 238. The molecule has 0 N–H and O–H groups in total. The minimum Gasteiger partial charge on any atom is -0.302 e. The monoisotopic (exact) mass is 252 g/mol. The lowest BCUT2D eigenvalue weighted by Crippen LogP contribution is -2.02. The summed E-state index contributed by atoms with van der Waals surface area (Å²) in [5.41, 5.74) is 0. The summed E-state index contributed by atoms with van der Waals surface area (Å²) < 4.78 is 5.17. The molecule has 0 heterocycles. The van der Waals surface area contributed by atoms with Crippen molar-refractivity contribution >= 4 is 58.3 Å². The molecular formula is C3H8OS6. The number of rotatable bonds is 4. The maximum Gasteiger partial charge on any atom is 0.0754 e. The van der Waals surface area contributed by atoms with Crippen LogP contribution in [0, 0.1) is 0 Å². The van der Waals surface area contributed by atoms with E-state index in [1.807, 2.05) is 6.92 Å². The standard InChI is InChI=1S/C3H8OS6/c1-2-3-4-10(7,8)9(5)6/h9H,2-3H2,1H3. The summed E-state index contributed by atoms with van der Waals surface area (Å²) in [6, 6.07) is 0. The van der Waals surface area contributed by atoms with Crippen LogP contribution in [0.3, 0.4) is 0 Å². The first-order valence-corrected chi connectivity index (χ1v) is 9.93. The van der Waals surface area contributed by atoms with E-state index in [4.69, 9.17) is 48.9 Å². The molecule has 0 aromatic rings. The summed E-state index contributed by atoms with van der Waals surface area (Å²) in [7, 11) is -1.10. The lowest BCUT2D eigenvalue weighted by Gasteiger charge is -2.04. The highest BCUT2D eigenvalue weighted by atomic mass is 33.7. The van der Waals surface area contributed by atoms with Crippen molar-refractivity contribution < 1.29 is 4.18 Å². The Morgan fingerprint density at radius 2 is 1.90 bits per heavy atom. The molecule has 0 saturated heterocycles. The first kappa shape index (κ1) is 11.5. The SMILES string of the molecule is CCCOS(=S)(=S)[SH](=S)=S. The van der Waals surface area contributed by atoms with Crippen LogP contribution in [0.15, 0.2) is 0 Å². The Labute approximate surface area is 81.8 Å². The van der Waals surface area contributed by atoms with E-state index in [2.05, 4.69) is 0 Å². The molecule has 0 aromatic carbocycles. The summed E-state index contributed by atoms with van der Waals surface area (Å²) in [6.07, 6.45) is 0.913. The highest BCUT2D eigenvalue weighted by Crippen LogP contribution is 1.97.